The highest BCUT2D eigenvalue weighted by Crippen LogP contribution is 2.28. The van der Waals surface area contributed by atoms with Crippen molar-refractivity contribution in [3.63, 3.8) is 0 Å². The summed E-state index contributed by atoms with van der Waals surface area (Å²) in [6.45, 7) is 2.17. The smallest absolute Gasteiger partial charge is 0.241 e. The van der Waals surface area contributed by atoms with Crippen molar-refractivity contribution in [3.8, 4) is 0 Å². The lowest BCUT2D eigenvalue weighted by Crippen LogP contribution is -2.38. The van der Waals surface area contributed by atoms with Crippen LogP contribution in [0.2, 0.25) is 0 Å². The molecule has 6 heteroatoms. The summed E-state index contributed by atoms with van der Waals surface area (Å²) in [4.78, 5) is 0.359. The molecule has 4 nitrogen and oxygen atoms in total. The Kier molecular flexibility index (Phi) is 5.71. The van der Waals surface area contributed by atoms with Gasteiger partial charge in [0.05, 0.1) is 4.90 Å². The number of nitrogens with two attached hydrogens (primary N) is 1. The summed E-state index contributed by atoms with van der Waals surface area (Å²) in [5.41, 5.74) is 7.21. The van der Waals surface area contributed by atoms with E-state index in [2.05, 4.69) is 11.0 Å². The first-order chi connectivity index (χ1) is 9.96. The third kappa shape index (κ3) is 4.22. The van der Waals surface area contributed by atoms with E-state index in [1.165, 1.54) is 0 Å². The average Bonchev–Trinajstić information content (AvgIpc) is 2.48. The summed E-state index contributed by atoms with van der Waals surface area (Å²) in [6, 6.07) is 5.43. The maximum absolute atomic E-state index is 12.6. The zero-order valence-electron chi connectivity index (χ0n) is 12.6. The van der Waals surface area contributed by atoms with Gasteiger partial charge in [-0.05, 0) is 56.1 Å². The maximum atomic E-state index is 12.6. The normalized spacial score (nSPS) is 23.2. The Morgan fingerprint density at radius 2 is 1.95 bits per heavy atom. The Balaban J connectivity index is 2.12. The molecule has 1 saturated carbocycles. The first-order valence-corrected chi connectivity index (χ1v) is 10.1. The Bertz CT molecular complexity index is 579. The molecule has 1 aliphatic rings. The van der Waals surface area contributed by atoms with Gasteiger partial charge in [-0.3, -0.25) is 0 Å². The number of rotatable bonds is 5. The molecule has 0 radical (unpaired) electrons. The fourth-order valence-electron chi connectivity index (χ4n) is 2.76. The fraction of sp³-hybridized carbons (Fsp3) is 0.600. The second-order valence-electron chi connectivity index (χ2n) is 5.63. The van der Waals surface area contributed by atoms with Crippen molar-refractivity contribution in [3.05, 3.63) is 29.3 Å². The summed E-state index contributed by atoms with van der Waals surface area (Å²) in [7, 11) is -3.46. The number of aryl methyl sites for hydroxylation is 1. The van der Waals surface area contributed by atoms with Crippen LogP contribution in [-0.4, -0.2) is 26.0 Å². The number of hydrogen-bond acceptors (Lipinski definition) is 4. The van der Waals surface area contributed by atoms with E-state index in [9.17, 15) is 8.42 Å². The number of hydrogen-bond donors (Lipinski definition) is 2. The van der Waals surface area contributed by atoms with E-state index >= 15 is 0 Å². The van der Waals surface area contributed by atoms with Crippen LogP contribution >= 0.6 is 11.8 Å². The standard InChI is InChI=1S/C15H24N2O2S2/c1-11-3-4-12(10-16)9-15(11)21(18,19)17-13-5-7-14(20-2)8-6-13/h3-4,9,13-14,17H,5-8,10,16H2,1-2H3. The highest BCUT2D eigenvalue weighted by molar-refractivity contribution is 7.99. The monoisotopic (exact) mass is 328 g/mol. The SMILES string of the molecule is CSC1CCC(NS(=O)(=O)c2cc(CN)ccc2C)CC1. The zero-order valence-corrected chi connectivity index (χ0v) is 14.3. The summed E-state index contributed by atoms with van der Waals surface area (Å²) < 4.78 is 28.0. The molecule has 0 bridgehead atoms. The zero-order chi connectivity index (χ0) is 15.5. The van der Waals surface area contributed by atoms with Gasteiger partial charge in [0.1, 0.15) is 0 Å². The molecule has 0 spiro atoms. The third-order valence-corrected chi connectivity index (χ3v) is 6.91. The molecule has 21 heavy (non-hydrogen) atoms. The lowest BCUT2D eigenvalue weighted by Gasteiger charge is -2.28. The van der Waals surface area contributed by atoms with Crippen LogP contribution < -0.4 is 10.5 Å². The van der Waals surface area contributed by atoms with Gasteiger partial charge in [0.15, 0.2) is 0 Å². The Hall–Kier alpha value is -0.560. The highest BCUT2D eigenvalue weighted by atomic mass is 32.2. The van der Waals surface area contributed by atoms with E-state index in [0.717, 1.165) is 36.8 Å². The van der Waals surface area contributed by atoms with Crippen LogP contribution in [0.5, 0.6) is 0 Å². The molecule has 1 aliphatic carbocycles. The number of benzene rings is 1. The van der Waals surface area contributed by atoms with Gasteiger partial charge in [-0.1, -0.05) is 12.1 Å². The van der Waals surface area contributed by atoms with Crippen LogP contribution in [0.25, 0.3) is 0 Å². The van der Waals surface area contributed by atoms with Gasteiger partial charge in [0.25, 0.3) is 0 Å². The molecule has 0 amide bonds. The molecule has 0 unspecified atom stereocenters. The molecule has 0 aromatic heterocycles. The second-order valence-corrected chi connectivity index (χ2v) is 8.46. The van der Waals surface area contributed by atoms with Crippen LogP contribution in [0, 0.1) is 6.92 Å². The minimum absolute atomic E-state index is 0.0549. The maximum Gasteiger partial charge on any atom is 0.241 e. The van der Waals surface area contributed by atoms with Gasteiger partial charge in [-0.2, -0.15) is 11.8 Å². The van der Waals surface area contributed by atoms with Gasteiger partial charge < -0.3 is 5.73 Å². The number of thioether (sulfide) groups is 1. The quantitative estimate of drug-likeness (QED) is 0.870. The molecule has 0 heterocycles. The van der Waals surface area contributed by atoms with Crippen LogP contribution in [0.1, 0.15) is 36.8 Å². The van der Waals surface area contributed by atoms with E-state index in [1.54, 1.807) is 6.07 Å². The van der Waals surface area contributed by atoms with Crippen molar-refractivity contribution in [2.24, 2.45) is 5.73 Å². The Morgan fingerprint density at radius 3 is 2.52 bits per heavy atom. The first kappa shape index (κ1) is 16.8. The molecule has 118 valence electrons. The van der Waals surface area contributed by atoms with E-state index in [4.69, 9.17) is 5.73 Å². The average molecular weight is 329 g/mol. The molecule has 1 aromatic rings. The van der Waals surface area contributed by atoms with E-state index < -0.39 is 10.0 Å². The van der Waals surface area contributed by atoms with Gasteiger partial charge >= 0.3 is 0 Å². The molecule has 2 rings (SSSR count). The molecule has 1 fully saturated rings. The van der Waals surface area contributed by atoms with E-state index in [-0.39, 0.29) is 6.04 Å². The summed E-state index contributed by atoms with van der Waals surface area (Å²) >= 11 is 1.88. The Labute approximate surface area is 131 Å². The van der Waals surface area contributed by atoms with Crippen LogP contribution in [0.15, 0.2) is 23.1 Å². The molecule has 1 aromatic carbocycles. The van der Waals surface area contributed by atoms with Crippen LogP contribution in [0.3, 0.4) is 0 Å². The molecular formula is C15H24N2O2S2. The van der Waals surface area contributed by atoms with Crippen molar-refractivity contribution < 1.29 is 8.42 Å². The largest absolute Gasteiger partial charge is 0.326 e. The number of sulfonamides is 1. The summed E-state index contributed by atoms with van der Waals surface area (Å²) in [5.74, 6) is 0. The topological polar surface area (TPSA) is 72.2 Å². The lowest BCUT2D eigenvalue weighted by atomic mass is 9.96. The predicted molar refractivity (Wildman–Crippen MR) is 89.0 cm³/mol. The highest BCUT2D eigenvalue weighted by Gasteiger charge is 2.26. The fourth-order valence-corrected chi connectivity index (χ4v) is 5.10. The summed E-state index contributed by atoms with van der Waals surface area (Å²) in [5, 5.41) is 0.674. The van der Waals surface area contributed by atoms with Gasteiger partial charge in [0.2, 0.25) is 10.0 Å². The Morgan fingerprint density at radius 1 is 1.29 bits per heavy atom. The second kappa shape index (κ2) is 7.13. The molecule has 0 aliphatic heterocycles. The lowest BCUT2D eigenvalue weighted by molar-refractivity contribution is 0.420. The van der Waals surface area contributed by atoms with Crippen molar-refractivity contribution in [2.45, 2.75) is 55.3 Å². The van der Waals surface area contributed by atoms with E-state index in [0.29, 0.717) is 16.7 Å². The molecule has 0 saturated heterocycles. The van der Waals surface area contributed by atoms with Gasteiger partial charge in [-0.25, -0.2) is 13.1 Å². The first-order valence-electron chi connectivity index (χ1n) is 7.31. The predicted octanol–water partition coefficient (Wildman–Crippen LogP) is 2.41. The minimum atomic E-state index is -3.46. The molecular weight excluding hydrogens is 304 g/mol. The molecule has 3 N–H and O–H groups in total. The van der Waals surface area contributed by atoms with Crippen LogP contribution in [0.4, 0.5) is 0 Å². The number of nitrogens with one attached hydrogen (secondary N) is 1. The summed E-state index contributed by atoms with van der Waals surface area (Å²) in [6.07, 6.45) is 6.11. The van der Waals surface area contributed by atoms with Crippen LogP contribution in [-0.2, 0) is 16.6 Å². The van der Waals surface area contributed by atoms with Crippen molar-refractivity contribution >= 4 is 21.8 Å². The van der Waals surface area contributed by atoms with Crippen molar-refractivity contribution in [2.75, 3.05) is 6.26 Å². The van der Waals surface area contributed by atoms with Crippen molar-refractivity contribution in [1.29, 1.82) is 0 Å². The van der Waals surface area contributed by atoms with Crippen molar-refractivity contribution in [1.82, 2.24) is 4.72 Å². The van der Waals surface area contributed by atoms with E-state index in [1.807, 2.05) is 30.8 Å². The van der Waals surface area contributed by atoms with Gasteiger partial charge in [0, 0.05) is 17.8 Å². The third-order valence-electron chi connectivity index (χ3n) is 4.11. The van der Waals surface area contributed by atoms with Gasteiger partial charge in [-0.15, -0.1) is 0 Å². The molecule has 0 atom stereocenters. The minimum Gasteiger partial charge on any atom is -0.326 e.